The number of nitrogens with one attached hydrogen (secondary N) is 2. The molecule has 4 heteroatoms. The summed E-state index contributed by atoms with van der Waals surface area (Å²) in [7, 11) is 0. The average Bonchev–Trinajstić information content (AvgIpc) is 2.92. The maximum atomic E-state index is 6.25. The van der Waals surface area contributed by atoms with Crippen LogP contribution in [0.2, 0.25) is 5.15 Å². The zero-order valence-electron chi connectivity index (χ0n) is 12.2. The number of hydrogen-bond donors (Lipinski definition) is 2. The Bertz CT molecular complexity index is 437. The fraction of sp³-hybridized carbons (Fsp3) is 0.688. The minimum atomic E-state index is 0.533. The molecule has 0 radical (unpaired) electrons. The summed E-state index contributed by atoms with van der Waals surface area (Å²) in [5.74, 6) is 0.728. The van der Waals surface area contributed by atoms with E-state index in [1.165, 1.54) is 50.6 Å². The van der Waals surface area contributed by atoms with Crippen molar-refractivity contribution < 1.29 is 0 Å². The third kappa shape index (κ3) is 2.94. The predicted octanol–water partition coefficient (Wildman–Crippen LogP) is 3.77. The standard InChI is InChI=1S/C16H24ClN3/c1-11-8-10-19-16(17)15(11)20-14-7-4-5-12(14)13-6-2-3-9-18-13/h8,10,12-14,18,20H,2-7,9H2,1H3. The van der Waals surface area contributed by atoms with Crippen molar-refractivity contribution in [2.45, 2.75) is 57.5 Å². The van der Waals surface area contributed by atoms with Crippen LogP contribution in [0.4, 0.5) is 5.69 Å². The van der Waals surface area contributed by atoms with Gasteiger partial charge >= 0.3 is 0 Å². The zero-order valence-corrected chi connectivity index (χ0v) is 12.9. The molecule has 1 saturated carbocycles. The van der Waals surface area contributed by atoms with Crippen LogP contribution in [-0.4, -0.2) is 23.6 Å². The van der Waals surface area contributed by atoms with E-state index in [1.807, 2.05) is 6.07 Å². The summed E-state index contributed by atoms with van der Waals surface area (Å²) in [6.45, 7) is 3.28. The van der Waals surface area contributed by atoms with Crippen molar-refractivity contribution in [3.63, 3.8) is 0 Å². The number of pyridine rings is 1. The lowest BCUT2D eigenvalue weighted by Crippen LogP contribution is -2.44. The first kappa shape index (κ1) is 14.2. The topological polar surface area (TPSA) is 37.0 Å². The third-order valence-electron chi connectivity index (χ3n) is 4.88. The lowest BCUT2D eigenvalue weighted by atomic mass is 9.88. The largest absolute Gasteiger partial charge is 0.379 e. The normalized spacial score (nSPS) is 30.4. The predicted molar refractivity (Wildman–Crippen MR) is 84.4 cm³/mol. The van der Waals surface area contributed by atoms with E-state index >= 15 is 0 Å². The third-order valence-corrected chi connectivity index (χ3v) is 5.16. The summed E-state index contributed by atoms with van der Waals surface area (Å²) in [5.41, 5.74) is 2.22. The van der Waals surface area contributed by atoms with E-state index in [1.54, 1.807) is 6.20 Å². The Labute approximate surface area is 126 Å². The number of anilines is 1. The van der Waals surface area contributed by atoms with Crippen LogP contribution in [0.25, 0.3) is 0 Å². The Kier molecular flexibility index (Phi) is 4.47. The number of piperidine rings is 1. The number of aryl methyl sites for hydroxylation is 1. The Morgan fingerprint density at radius 1 is 1.25 bits per heavy atom. The SMILES string of the molecule is Cc1ccnc(Cl)c1NC1CCCC1C1CCCCN1. The van der Waals surface area contributed by atoms with Gasteiger partial charge in [0.15, 0.2) is 5.15 Å². The van der Waals surface area contributed by atoms with E-state index in [0.29, 0.717) is 17.2 Å². The lowest BCUT2D eigenvalue weighted by molar-refractivity contribution is 0.286. The Hall–Kier alpha value is -0.800. The summed E-state index contributed by atoms with van der Waals surface area (Å²) in [5, 5.41) is 8.01. The second-order valence-electron chi connectivity index (χ2n) is 6.20. The zero-order chi connectivity index (χ0) is 13.9. The first-order chi connectivity index (χ1) is 9.75. The number of hydrogen-bond acceptors (Lipinski definition) is 3. The lowest BCUT2D eigenvalue weighted by Gasteiger charge is -2.33. The van der Waals surface area contributed by atoms with Gasteiger partial charge < -0.3 is 10.6 Å². The molecule has 1 aromatic heterocycles. The summed E-state index contributed by atoms with van der Waals surface area (Å²) >= 11 is 6.25. The van der Waals surface area contributed by atoms with Gasteiger partial charge in [0.2, 0.25) is 0 Å². The number of aromatic nitrogens is 1. The van der Waals surface area contributed by atoms with E-state index in [4.69, 9.17) is 11.6 Å². The second kappa shape index (κ2) is 6.31. The van der Waals surface area contributed by atoms with Crippen molar-refractivity contribution >= 4 is 17.3 Å². The van der Waals surface area contributed by atoms with Gasteiger partial charge in [0.25, 0.3) is 0 Å². The molecule has 110 valence electrons. The molecule has 0 amide bonds. The van der Waals surface area contributed by atoms with Gasteiger partial charge in [-0.2, -0.15) is 0 Å². The van der Waals surface area contributed by atoms with E-state index in [0.717, 1.165) is 11.6 Å². The van der Waals surface area contributed by atoms with Gasteiger partial charge in [0, 0.05) is 18.3 Å². The Balaban J connectivity index is 1.72. The van der Waals surface area contributed by atoms with Crippen LogP contribution in [-0.2, 0) is 0 Å². The van der Waals surface area contributed by atoms with E-state index < -0.39 is 0 Å². The highest BCUT2D eigenvalue weighted by atomic mass is 35.5. The molecule has 1 aliphatic carbocycles. The molecule has 3 unspecified atom stereocenters. The van der Waals surface area contributed by atoms with Crippen LogP contribution < -0.4 is 10.6 Å². The maximum Gasteiger partial charge on any atom is 0.152 e. The van der Waals surface area contributed by atoms with Gasteiger partial charge in [0.1, 0.15) is 0 Å². The fourth-order valence-electron chi connectivity index (χ4n) is 3.78. The van der Waals surface area contributed by atoms with Crippen molar-refractivity contribution in [3.8, 4) is 0 Å². The minimum Gasteiger partial charge on any atom is -0.379 e. The van der Waals surface area contributed by atoms with E-state index in [-0.39, 0.29) is 0 Å². The monoisotopic (exact) mass is 293 g/mol. The van der Waals surface area contributed by atoms with Gasteiger partial charge in [-0.15, -0.1) is 0 Å². The molecule has 2 fully saturated rings. The first-order valence-corrected chi connectivity index (χ1v) is 8.24. The molecular formula is C16H24ClN3. The van der Waals surface area contributed by atoms with Crippen LogP contribution in [0.15, 0.2) is 12.3 Å². The molecule has 2 N–H and O–H groups in total. The molecule has 0 spiro atoms. The molecule has 1 saturated heterocycles. The highest BCUT2D eigenvalue weighted by Gasteiger charge is 2.34. The van der Waals surface area contributed by atoms with Crippen molar-refractivity contribution in [2.75, 3.05) is 11.9 Å². The highest BCUT2D eigenvalue weighted by molar-refractivity contribution is 6.32. The summed E-state index contributed by atoms with van der Waals surface area (Å²) in [6.07, 6.45) is 9.68. The molecule has 3 rings (SSSR count). The summed E-state index contributed by atoms with van der Waals surface area (Å²) in [6, 6.07) is 3.24. The quantitative estimate of drug-likeness (QED) is 0.833. The van der Waals surface area contributed by atoms with Crippen LogP contribution in [0.5, 0.6) is 0 Å². The van der Waals surface area contributed by atoms with Gasteiger partial charge in [0.05, 0.1) is 5.69 Å². The molecule has 3 nitrogen and oxygen atoms in total. The van der Waals surface area contributed by atoms with Crippen molar-refractivity contribution in [1.82, 2.24) is 10.3 Å². The highest BCUT2D eigenvalue weighted by Crippen LogP contribution is 2.35. The molecular weight excluding hydrogens is 270 g/mol. The first-order valence-electron chi connectivity index (χ1n) is 7.87. The van der Waals surface area contributed by atoms with Gasteiger partial charge in [-0.3, -0.25) is 0 Å². The van der Waals surface area contributed by atoms with Crippen LogP contribution >= 0.6 is 11.6 Å². The minimum absolute atomic E-state index is 0.533. The number of nitrogens with zero attached hydrogens (tertiary/aromatic N) is 1. The van der Waals surface area contributed by atoms with Gasteiger partial charge in [-0.1, -0.05) is 24.4 Å². The average molecular weight is 294 g/mol. The molecule has 0 aromatic carbocycles. The molecule has 3 atom stereocenters. The molecule has 2 aliphatic rings. The van der Waals surface area contributed by atoms with Crippen LogP contribution in [0.3, 0.4) is 0 Å². The van der Waals surface area contributed by atoms with Gasteiger partial charge in [-0.05, 0) is 56.7 Å². The van der Waals surface area contributed by atoms with E-state index in [9.17, 15) is 0 Å². The molecule has 1 aromatic rings. The summed E-state index contributed by atoms with van der Waals surface area (Å²) < 4.78 is 0. The fourth-order valence-corrected chi connectivity index (χ4v) is 4.04. The second-order valence-corrected chi connectivity index (χ2v) is 6.55. The Morgan fingerprint density at radius 3 is 2.90 bits per heavy atom. The molecule has 0 bridgehead atoms. The van der Waals surface area contributed by atoms with Crippen LogP contribution in [0.1, 0.15) is 44.1 Å². The van der Waals surface area contributed by atoms with Gasteiger partial charge in [-0.25, -0.2) is 4.98 Å². The number of rotatable bonds is 3. The van der Waals surface area contributed by atoms with E-state index in [2.05, 4.69) is 22.5 Å². The number of halogens is 1. The Morgan fingerprint density at radius 2 is 2.15 bits per heavy atom. The van der Waals surface area contributed by atoms with Crippen molar-refractivity contribution in [2.24, 2.45) is 5.92 Å². The van der Waals surface area contributed by atoms with Crippen molar-refractivity contribution in [3.05, 3.63) is 23.0 Å². The summed E-state index contributed by atoms with van der Waals surface area (Å²) in [4.78, 5) is 4.21. The molecule has 2 heterocycles. The smallest absolute Gasteiger partial charge is 0.152 e. The maximum absolute atomic E-state index is 6.25. The molecule has 20 heavy (non-hydrogen) atoms. The molecule has 1 aliphatic heterocycles. The van der Waals surface area contributed by atoms with Crippen LogP contribution in [0, 0.1) is 12.8 Å². The van der Waals surface area contributed by atoms with Crippen molar-refractivity contribution in [1.29, 1.82) is 0 Å².